The van der Waals surface area contributed by atoms with Gasteiger partial charge in [0.2, 0.25) is 0 Å². The first kappa shape index (κ1) is 16.3. The number of hydrogen-bond acceptors (Lipinski definition) is 4. The Morgan fingerprint density at radius 3 is 1.88 bits per heavy atom. The smallest absolute Gasteiger partial charge is 0.143 e. The fourth-order valence-corrected chi connectivity index (χ4v) is 1.55. The standard InChI is InChI=1S/C11H23BrO4/c12-5-3-1-2-4-6-14-7-8-15-9-10-16-11-13/h13H,1-11H2. The Morgan fingerprint density at radius 2 is 1.25 bits per heavy atom. The lowest BCUT2D eigenvalue weighted by Gasteiger charge is -2.05. The van der Waals surface area contributed by atoms with Gasteiger partial charge in [-0.2, -0.15) is 0 Å². The van der Waals surface area contributed by atoms with E-state index in [9.17, 15) is 0 Å². The van der Waals surface area contributed by atoms with Crippen molar-refractivity contribution in [3.8, 4) is 0 Å². The third-order valence-electron chi connectivity index (χ3n) is 2.01. The first-order valence-corrected chi connectivity index (χ1v) is 6.94. The van der Waals surface area contributed by atoms with Crippen LogP contribution in [0.15, 0.2) is 0 Å². The summed E-state index contributed by atoms with van der Waals surface area (Å²) in [7, 11) is 0. The summed E-state index contributed by atoms with van der Waals surface area (Å²) in [5.41, 5.74) is 0. The fraction of sp³-hybridized carbons (Fsp3) is 1.00. The maximum atomic E-state index is 8.32. The molecule has 0 aromatic heterocycles. The number of halogens is 1. The van der Waals surface area contributed by atoms with Gasteiger partial charge in [-0.05, 0) is 12.8 Å². The molecule has 0 atom stereocenters. The van der Waals surface area contributed by atoms with Gasteiger partial charge in [0.15, 0.2) is 0 Å². The van der Waals surface area contributed by atoms with Crippen LogP contribution in [0.2, 0.25) is 0 Å². The average molecular weight is 299 g/mol. The zero-order chi connectivity index (χ0) is 11.9. The highest BCUT2D eigenvalue weighted by Crippen LogP contribution is 2.01. The maximum Gasteiger partial charge on any atom is 0.143 e. The zero-order valence-corrected chi connectivity index (χ0v) is 11.4. The van der Waals surface area contributed by atoms with Gasteiger partial charge in [-0.25, -0.2) is 0 Å². The van der Waals surface area contributed by atoms with Crippen LogP contribution in [-0.2, 0) is 14.2 Å². The van der Waals surface area contributed by atoms with E-state index in [4.69, 9.17) is 19.3 Å². The molecule has 16 heavy (non-hydrogen) atoms. The van der Waals surface area contributed by atoms with Gasteiger partial charge in [-0.1, -0.05) is 28.8 Å². The molecule has 0 spiro atoms. The van der Waals surface area contributed by atoms with Crippen LogP contribution in [-0.4, -0.2) is 50.3 Å². The van der Waals surface area contributed by atoms with Crippen LogP contribution in [0.3, 0.4) is 0 Å². The summed E-state index contributed by atoms with van der Waals surface area (Å²) in [5.74, 6) is 0. The van der Waals surface area contributed by atoms with Crippen molar-refractivity contribution in [1.82, 2.24) is 0 Å². The van der Waals surface area contributed by atoms with E-state index in [1.165, 1.54) is 19.3 Å². The summed E-state index contributed by atoms with van der Waals surface area (Å²) in [6.07, 6.45) is 4.87. The van der Waals surface area contributed by atoms with Crippen LogP contribution in [0.4, 0.5) is 0 Å². The molecule has 0 aromatic rings. The molecule has 0 fully saturated rings. The molecule has 0 rings (SSSR count). The van der Waals surface area contributed by atoms with E-state index >= 15 is 0 Å². The first-order valence-electron chi connectivity index (χ1n) is 5.82. The van der Waals surface area contributed by atoms with Gasteiger partial charge in [-0.15, -0.1) is 0 Å². The number of aliphatic hydroxyl groups is 1. The molecule has 0 aromatic carbocycles. The number of aliphatic hydroxyl groups excluding tert-OH is 1. The second-order valence-electron chi connectivity index (χ2n) is 3.37. The second kappa shape index (κ2) is 15.3. The summed E-state index contributed by atoms with van der Waals surface area (Å²) in [4.78, 5) is 0. The summed E-state index contributed by atoms with van der Waals surface area (Å²) >= 11 is 3.40. The molecule has 0 aliphatic heterocycles. The Kier molecular flexibility index (Phi) is 15.6. The van der Waals surface area contributed by atoms with Crippen LogP contribution in [0, 0.1) is 0 Å². The second-order valence-corrected chi connectivity index (χ2v) is 4.16. The van der Waals surface area contributed by atoms with Crippen molar-refractivity contribution in [1.29, 1.82) is 0 Å². The topological polar surface area (TPSA) is 47.9 Å². The Hall–Kier alpha value is 0.320. The van der Waals surface area contributed by atoms with E-state index < -0.39 is 0 Å². The number of hydrogen-bond donors (Lipinski definition) is 1. The molecule has 5 heteroatoms. The normalized spacial score (nSPS) is 10.9. The minimum absolute atomic E-state index is 0.242. The molecule has 0 saturated heterocycles. The van der Waals surface area contributed by atoms with E-state index in [0.29, 0.717) is 26.4 Å². The molecule has 0 bridgehead atoms. The lowest BCUT2D eigenvalue weighted by molar-refractivity contribution is -0.0368. The van der Waals surface area contributed by atoms with Crippen LogP contribution in [0.5, 0.6) is 0 Å². The molecular formula is C11H23BrO4. The van der Waals surface area contributed by atoms with Gasteiger partial charge < -0.3 is 19.3 Å². The molecule has 0 heterocycles. The van der Waals surface area contributed by atoms with Gasteiger partial charge in [-0.3, -0.25) is 0 Å². The van der Waals surface area contributed by atoms with E-state index in [1.54, 1.807) is 0 Å². The summed E-state index contributed by atoms with van der Waals surface area (Å²) in [5, 5.41) is 9.42. The van der Waals surface area contributed by atoms with E-state index in [1.807, 2.05) is 0 Å². The molecule has 0 radical (unpaired) electrons. The summed E-state index contributed by atoms with van der Waals surface area (Å²) in [6, 6.07) is 0. The Bertz CT molecular complexity index is 111. The zero-order valence-electron chi connectivity index (χ0n) is 9.83. The molecule has 1 N–H and O–H groups in total. The largest absolute Gasteiger partial charge is 0.379 e. The Labute approximate surface area is 106 Å². The van der Waals surface area contributed by atoms with Crippen molar-refractivity contribution in [2.75, 3.05) is 45.2 Å². The number of ether oxygens (including phenoxy) is 3. The van der Waals surface area contributed by atoms with Crippen molar-refractivity contribution in [3.63, 3.8) is 0 Å². The van der Waals surface area contributed by atoms with Gasteiger partial charge in [0.05, 0.1) is 26.4 Å². The highest BCUT2D eigenvalue weighted by atomic mass is 79.9. The van der Waals surface area contributed by atoms with Crippen molar-refractivity contribution in [3.05, 3.63) is 0 Å². The molecule has 0 amide bonds. The SMILES string of the molecule is OCOCCOCCOCCCCCCBr. The van der Waals surface area contributed by atoms with E-state index in [-0.39, 0.29) is 6.79 Å². The minimum atomic E-state index is -0.242. The van der Waals surface area contributed by atoms with Crippen molar-refractivity contribution >= 4 is 15.9 Å². The maximum absolute atomic E-state index is 8.32. The number of unbranched alkanes of at least 4 members (excludes halogenated alkanes) is 3. The monoisotopic (exact) mass is 298 g/mol. The number of rotatable bonds is 13. The average Bonchev–Trinajstić information content (AvgIpc) is 2.31. The Morgan fingerprint density at radius 1 is 0.688 bits per heavy atom. The lowest BCUT2D eigenvalue weighted by atomic mass is 10.2. The van der Waals surface area contributed by atoms with Crippen molar-refractivity contribution < 1.29 is 19.3 Å². The lowest BCUT2D eigenvalue weighted by Crippen LogP contribution is -2.10. The van der Waals surface area contributed by atoms with Crippen molar-refractivity contribution in [2.45, 2.75) is 25.7 Å². The van der Waals surface area contributed by atoms with E-state index in [0.717, 1.165) is 18.4 Å². The highest BCUT2D eigenvalue weighted by molar-refractivity contribution is 9.09. The predicted octanol–water partition coefficient (Wildman–Crippen LogP) is 1.94. The number of alkyl halides is 1. The van der Waals surface area contributed by atoms with Gasteiger partial charge in [0.1, 0.15) is 6.79 Å². The molecule has 0 unspecified atom stereocenters. The molecule has 4 nitrogen and oxygen atoms in total. The quantitative estimate of drug-likeness (QED) is 0.321. The third kappa shape index (κ3) is 14.3. The van der Waals surface area contributed by atoms with Crippen LogP contribution in [0.25, 0.3) is 0 Å². The van der Waals surface area contributed by atoms with Crippen molar-refractivity contribution in [2.24, 2.45) is 0 Å². The molecule has 98 valence electrons. The Balaban J connectivity index is 2.83. The third-order valence-corrected chi connectivity index (χ3v) is 2.57. The molecule has 0 aliphatic rings. The molecule has 0 saturated carbocycles. The minimum Gasteiger partial charge on any atom is -0.379 e. The highest BCUT2D eigenvalue weighted by Gasteiger charge is 1.92. The molecular weight excluding hydrogens is 276 g/mol. The van der Waals surface area contributed by atoms with Crippen LogP contribution in [0.1, 0.15) is 25.7 Å². The van der Waals surface area contributed by atoms with E-state index in [2.05, 4.69) is 15.9 Å². The summed E-state index contributed by atoms with van der Waals surface area (Å²) < 4.78 is 15.3. The van der Waals surface area contributed by atoms with Gasteiger partial charge in [0.25, 0.3) is 0 Å². The first-order chi connectivity index (χ1) is 7.91. The summed E-state index contributed by atoms with van der Waals surface area (Å²) in [6.45, 7) is 2.75. The predicted molar refractivity (Wildman–Crippen MR) is 66.9 cm³/mol. The van der Waals surface area contributed by atoms with Gasteiger partial charge in [0, 0.05) is 11.9 Å². The van der Waals surface area contributed by atoms with Gasteiger partial charge >= 0.3 is 0 Å². The van der Waals surface area contributed by atoms with Crippen LogP contribution >= 0.6 is 15.9 Å². The molecule has 0 aliphatic carbocycles. The fourth-order valence-electron chi connectivity index (χ4n) is 1.16. The van der Waals surface area contributed by atoms with Crippen LogP contribution < -0.4 is 0 Å².